The summed E-state index contributed by atoms with van der Waals surface area (Å²) >= 11 is 0. The number of nitriles is 1. The van der Waals surface area contributed by atoms with Crippen molar-refractivity contribution in [1.82, 2.24) is 4.98 Å². The molecule has 0 unspecified atom stereocenters. The van der Waals surface area contributed by atoms with Gasteiger partial charge in [0.15, 0.2) is 5.82 Å². The Kier molecular flexibility index (Phi) is 5.76. The smallest absolute Gasteiger partial charge is 0.152 e. The van der Waals surface area contributed by atoms with E-state index in [1.807, 2.05) is 6.92 Å². The molecule has 0 saturated carbocycles. The first-order chi connectivity index (χ1) is 11.7. The molecule has 0 aliphatic carbocycles. The highest BCUT2D eigenvalue weighted by Crippen LogP contribution is 2.29. The maximum Gasteiger partial charge on any atom is 0.152 e. The average molecular weight is 341 g/mol. The molecule has 5 heteroatoms. The Morgan fingerprint density at radius 1 is 1.36 bits per heavy atom. The van der Waals surface area contributed by atoms with Crippen LogP contribution in [0.5, 0.6) is 5.75 Å². The minimum absolute atomic E-state index is 0.307. The number of hydrogen-bond acceptors (Lipinski definition) is 4. The standard InChI is InChI=1S/C20H24FN3O/c1-13(2)10-20(4,23)12-25-18-6-5-15(9-16(18)11-22)17-7-8-24-14(3)19(17)21/h5-9,13H,10,12,23H2,1-4H3/t20-/m0/s1. The number of benzene rings is 1. The predicted octanol–water partition coefficient (Wildman–Crippen LogP) is 4.21. The van der Waals surface area contributed by atoms with E-state index in [9.17, 15) is 9.65 Å². The lowest BCUT2D eigenvalue weighted by Gasteiger charge is -2.26. The van der Waals surface area contributed by atoms with Gasteiger partial charge in [-0.15, -0.1) is 0 Å². The lowest BCUT2D eigenvalue weighted by Crippen LogP contribution is -2.43. The van der Waals surface area contributed by atoms with Gasteiger partial charge in [-0.3, -0.25) is 4.98 Å². The van der Waals surface area contributed by atoms with Gasteiger partial charge in [-0.1, -0.05) is 19.9 Å². The zero-order chi connectivity index (χ0) is 18.6. The Labute approximate surface area is 148 Å². The molecule has 0 amide bonds. The van der Waals surface area contributed by atoms with Crippen molar-refractivity contribution in [3.63, 3.8) is 0 Å². The van der Waals surface area contributed by atoms with E-state index in [4.69, 9.17) is 10.5 Å². The quantitative estimate of drug-likeness (QED) is 0.854. The van der Waals surface area contributed by atoms with Crippen molar-refractivity contribution in [3.05, 3.63) is 47.5 Å². The highest BCUT2D eigenvalue weighted by atomic mass is 19.1. The number of rotatable bonds is 6. The number of halogens is 1. The van der Waals surface area contributed by atoms with E-state index < -0.39 is 5.54 Å². The second-order valence-electron chi connectivity index (χ2n) is 7.12. The normalized spacial score (nSPS) is 13.4. The van der Waals surface area contributed by atoms with Crippen LogP contribution in [0.2, 0.25) is 0 Å². The van der Waals surface area contributed by atoms with Crippen molar-refractivity contribution in [2.75, 3.05) is 6.61 Å². The van der Waals surface area contributed by atoms with Crippen LogP contribution in [0.15, 0.2) is 30.5 Å². The summed E-state index contributed by atoms with van der Waals surface area (Å²) in [5, 5.41) is 9.42. The Morgan fingerprint density at radius 3 is 2.72 bits per heavy atom. The third-order valence-electron chi connectivity index (χ3n) is 3.91. The van der Waals surface area contributed by atoms with E-state index in [-0.39, 0.29) is 5.82 Å². The Balaban J connectivity index is 2.26. The predicted molar refractivity (Wildman–Crippen MR) is 96.6 cm³/mol. The van der Waals surface area contributed by atoms with Crippen LogP contribution in [0, 0.1) is 30.0 Å². The zero-order valence-electron chi connectivity index (χ0n) is 15.1. The van der Waals surface area contributed by atoms with E-state index in [1.165, 1.54) is 0 Å². The fourth-order valence-electron chi connectivity index (χ4n) is 2.92. The van der Waals surface area contributed by atoms with Gasteiger partial charge in [0.1, 0.15) is 18.4 Å². The van der Waals surface area contributed by atoms with Crippen LogP contribution in [0.25, 0.3) is 11.1 Å². The minimum Gasteiger partial charge on any atom is -0.490 e. The zero-order valence-corrected chi connectivity index (χ0v) is 15.1. The van der Waals surface area contributed by atoms with Crippen molar-refractivity contribution in [2.45, 2.75) is 39.7 Å². The van der Waals surface area contributed by atoms with Gasteiger partial charge in [0.2, 0.25) is 0 Å². The Morgan fingerprint density at radius 2 is 2.08 bits per heavy atom. The molecule has 1 aromatic heterocycles. The van der Waals surface area contributed by atoms with Gasteiger partial charge in [-0.2, -0.15) is 5.26 Å². The Bertz CT molecular complexity index is 794. The first-order valence-electron chi connectivity index (χ1n) is 8.31. The molecule has 1 atom stereocenters. The molecule has 0 fully saturated rings. The van der Waals surface area contributed by atoms with Crippen LogP contribution in [-0.4, -0.2) is 17.1 Å². The topological polar surface area (TPSA) is 71.9 Å². The van der Waals surface area contributed by atoms with Gasteiger partial charge in [0, 0.05) is 17.3 Å². The van der Waals surface area contributed by atoms with Gasteiger partial charge in [-0.05, 0) is 49.9 Å². The van der Waals surface area contributed by atoms with Gasteiger partial charge in [0.05, 0.1) is 11.3 Å². The first-order valence-corrected chi connectivity index (χ1v) is 8.31. The molecule has 0 saturated heterocycles. The van der Waals surface area contributed by atoms with Crippen molar-refractivity contribution >= 4 is 0 Å². The van der Waals surface area contributed by atoms with Crippen LogP contribution in [0.4, 0.5) is 4.39 Å². The van der Waals surface area contributed by atoms with Gasteiger partial charge >= 0.3 is 0 Å². The van der Waals surface area contributed by atoms with Crippen LogP contribution in [0.3, 0.4) is 0 Å². The molecule has 25 heavy (non-hydrogen) atoms. The molecule has 2 N–H and O–H groups in total. The van der Waals surface area contributed by atoms with Crippen LogP contribution < -0.4 is 10.5 Å². The molecule has 4 nitrogen and oxygen atoms in total. The minimum atomic E-state index is -0.478. The number of ether oxygens (including phenoxy) is 1. The summed E-state index contributed by atoms with van der Waals surface area (Å²) in [6.45, 7) is 8.06. The number of nitrogens with zero attached hydrogens (tertiary/aromatic N) is 2. The summed E-state index contributed by atoms with van der Waals surface area (Å²) in [4.78, 5) is 3.93. The number of aromatic nitrogens is 1. The van der Waals surface area contributed by atoms with E-state index in [0.717, 1.165) is 6.42 Å². The van der Waals surface area contributed by atoms with E-state index >= 15 is 0 Å². The third-order valence-corrected chi connectivity index (χ3v) is 3.91. The summed E-state index contributed by atoms with van der Waals surface area (Å²) in [5.74, 6) is 0.527. The van der Waals surface area contributed by atoms with Crippen LogP contribution >= 0.6 is 0 Å². The molecule has 0 radical (unpaired) electrons. The summed E-state index contributed by atoms with van der Waals surface area (Å²) in [6, 6.07) is 8.77. The van der Waals surface area contributed by atoms with Crippen molar-refractivity contribution in [3.8, 4) is 22.9 Å². The highest BCUT2D eigenvalue weighted by molar-refractivity contribution is 5.68. The molecule has 132 valence electrons. The molecule has 0 bridgehead atoms. The molecule has 2 aromatic rings. The molecule has 2 rings (SSSR count). The molecule has 0 spiro atoms. The average Bonchev–Trinajstić information content (AvgIpc) is 2.54. The maximum absolute atomic E-state index is 14.3. The molecule has 0 aliphatic rings. The second-order valence-corrected chi connectivity index (χ2v) is 7.12. The van der Waals surface area contributed by atoms with E-state index in [2.05, 4.69) is 24.9 Å². The fraction of sp³-hybridized carbons (Fsp3) is 0.400. The molecule has 1 aromatic carbocycles. The first kappa shape index (κ1) is 18.9. The van der Waals surface area contributed by atoms with Gasteiger partial charge in [-0.25, -0.2) is 4.39 Å². The largest absolute Gasteiger partial charge is 0.490 e. The monoisotopic (exact) mass is 341 g/mol. The summed E-state index contributed by atoms with van der Waals surface area (Å²) in [6.07, 6.45) is 2.37. The second kappa shape index (κ2) is 7.62. The molecule has 0 aliphatic heterocycles. The third kappa shape index (κ3) is 4.77. The number of pyridine rings is 1. The maximum atomic E-state index is 14.3. The van der Waals surface area contributed by atoms with E-state index in [0.29, 0.717) is 40.7 Å². The number of aryl methyl sites for hydroxylation is 1. The summed E-state index contributed by atoms with van der Waals surface area (Å²) in [5.41, 5.74) is 7.48. The van der Waals surface area contributed by atoms with Crippen molar-refractivity contribution in [2.24, 2.45) is 11.7 Å². The van der Waals surface area contributed by atoms with E-state index in [1.54, 1.807) is 37.4 Å². The highest BCUT2D eigenvalue weighted by Gasteiger charge is 2.22. The Hall–Kier alpha value is -2.45. The lowest BCUT2D eigenvalue weighted by molar-refractivity contribution is 0.206. The summed E-state index contributed by atoms with van der Waals surface area (Å²) < 4.78 is 20.0. The van der Waals surface area contributed by atoms with Crippen molar-refractivity contribution in [1.29, 1.82) is 5.26 Å². The lowest BCUT2D eigenvalue weighted by atomic mass is 9.93. The summed E-state index contributed by atoms with van der Waals surface area (Å²) in [7, 11) is 0. The number of nitrogens with two attached hydrogens (primary N) is 1. The van der Waals surface area contributed by atoms with Gasteiger partial charge < -0.3 is 10.5 Å². The van der Waals surface area contributed by atoms with Crippen LogP contribution in [0.1, 0.15) is 38.4 Å². The SMILES string of the molecule is Cc1nccc(-c2ccc(OC[C@@](C)(N)CC(C)C)c(C#N)c2)c1F. The number of hydrogen-bond donors (Lipinski definition) is 1. The van der Waals surface area contributed by atoms with Gasteiger partial charge in [0.25, 0.3) is 0 Å². The molecular weight excluding hydrogens is 317 g/mol. The van der Waals surface area contributed by atoms with Crippen LogP contribution in [-0.2, 0) is 0 Å². The molecular formula is C20H24FN3O. The molecule has 1 heterocycles. The fourth-order valence-corrected chi connectivity index (χ4v) is 2.92. The van der Waals surface area contributed by atoms with Crippen molar-refractivity contribution < 1.29 is 9.13 Å².